The summed E-state index contributed by atoms with van der Waals surface area (Å²) in [5, 5.41) is 0.216. The van der Waals surface area contributed by atoms with Gasteiger partial charge in [0.15, 0.2) is 5.76 Å². The van der Waals surface area contributed by atoms with E-state index in [1.165, 1.54) is 0 Å². The maximum atomic E-state index is 5.60. The van der Waals surface area contributed by atoms with Gasteiger partial charge in [0.2, 0.25) is 0 Å². The lowest BCUT2D eigenvalue weighted by atomic mass is 10.4. The van der Waals surface area contributed by atoms with Crippen LogP contribution < -0.4 is 16.3 Å². The highest BCUT2D eigenvalue weighted by molar-refractivity contribution is 8.60. The molecule has 3 aromatic rings. The molecule has 0 aliphatic rings. The topological polar surface area (TPSA) is 40.8 Å². The van der Waals surface area contributed by atoms with Crippen molar-refractivity contribution in [2.75, 3.05) is 0 Å². The van der Waals surface area contributed by atoms with Gasteiger partial charge in [0.25, 0.3) is 0 Å². The van der Waals surface area contributed by atoms with Crippen molar-refractivity contribution in [1.82, 2.24) is 0 Å². The van der Waals surface area contributed by atoms with Gasteiger partial charge in [0, 0.05) is 0 Å². The quantitative estimate of drug-likeness (QED) is 0.585. The van der Waals surface area contributed by atoms with Gasteiger partial charge in [0.1, 0.15) is 6.54 Å². The van der Waals surface area contributed by atoms with Crippen molar-refractivity contribution in [1.29, 1.82) is 0 Å². The van der Waals surface area contributed by atoms with Crippen molar-refractivity contribution in [2.24, 2.45) is 0 Å². The molecule has 0 radical (unpaired) electrons. The molecule has 0 bridgehead atoms. The van der Waals surface area contributed by atoms with E-state index in [1.54, 1.807) is 6.26 Å². The van der Waals surface area contributed by atoms with E-state index in [2.05, 4.69) is 5.73 Å². The fraction of sp³-hybridized carbons (Fsp3) is 0.0588. The van der Waals surface area contributed by atoms with Gasteiger partial charge in [-0.3, -0.25) is 0 Å². The minimum absolute atomic E-state index is 0.743. The summed E-state index contributed by atoms with van der Waals surface area (Å²) in [6, 6.07) is 23.8. The summed E-state index contributed by atoms with van der Waals surface area (Å²) in [6.07, 6.45) is 1.65. The molecule has 0 fully saturated rings. The summed E-state index contributed by atoms with van der Waals surface area (Å²) < 4.78 is 4.92. The standard InChI is InChI=1S/C12H11PS2.C5H7NO/c14-13(15,11-7-3-1-4-8-11)12-9-5-2-6-10-12;6-4-5-2-1-3-7-5/h1-10H,(H,14,15);1-3H,4,6H2. The molecule has 3 N–H and O–H groups in total. The van der Waals surface area contributed by atoms with E-state index in [9.17, 15) is 0 Å². The summed E-state index contributed by atoms with van der Waals surface area (Å²) in [7, 11) is 0. The normalized spacial score (nSPS) is 10.6. The largest absolute Gasteiger partial charge is 0.738 e. The fourth-order valence-electron chi connectivity index (χ4n) is 1.85. The SMILES string of the molecule is S=P([S-])(c1ccccc1)c1ccccc1.[NH3+]Cc1ccco1. The molecule has 0 aliphatic heterocycles. The van der Waals surface area contributed by atoms with E-state index in [0.29, 0.717) is 0 Å². The zero-order chi connectivity index (χ0) is 15.8. The molecule has 2 aromatic carbocycles. The zero-order valence-corrected chi connectivity index (χ0v) is 14.6. The van der Waals surface area contributed by atoms with Crippen LogP contribution in [0.15, 0.2) is 83.5 Å². The average molecular weight is 347 g/mol. The van der Waals surface area contributed by atoms with E-state index in [4.69, 9.17) is 28.5 Å². The average Bonchev–Trinajstić information content (AvgIpc) is 3.11. The molecule has 0 saturated heterocycles. The number of hydrogen-bond donors (Lipinski definition) is 1. The third-order valence-corrected chi connectivity index (χ3v) is 7.50. The second kappa shape index (κ2) is 8.35. The van der Waals surface area contributed by atoms with Crippen LogP contribution in [0.5, 0.6) is 0 Å². The maximum Gasteiger partial charge on any atom is 0.157 e. The molecule has 1 heterocycles. The Hall–Kier alpha value is -1.32. The van der Waals surface area contributed by atoms with Gasteiger partial charge in [-0.25, -0.2) is 0 Å². The lowest BCUT2D eigenvalue weighted by molar-refractivity contribution is -0.390. The molecular formula is C17H18NOPS2. The Morgan fingerprint density at radius 2 is 1.36 bits per heavy atom. The minimum Gasteiger partial charge on any atom is -0.738 e. The summed E-state index contributed by atoms with van der Waals surface area (Å²) in [5.41, 5.74) is 3.63. The van der Waals surface area contributed by atoms with Crippen LogP contribution >= 0.6 is 5.24 Å². The Kier molecular flexibility index (Phi) is 6.47. The highest BCUT2D eigenvalue weighted by Crippen LogP contribution is 2.40. The van der Waals surface area contributed by atoms with E-state index in [0.717, 1.165) is 22.9 Å². The summed E-state index contributed by atoms with van der Waals surface area (Å²) in [5.74, 6) is 0.944. The van der Waals surface area contributed by atoms with Crippen molar-refractivity contribution in [3.05, 3.63) is 84.8 Å². The van der Waals surface area contributed by atoms with Crippen molar-refractivity contribution >= 4 is 39.9 Å². The van der Waals surface area contributed by atoms with Gasteiger partial charge >= 0.3 is 0 Å². The van der Waals surface area contributed by atoms with Crippen molar-refractivity contribution in [2.45, 2.75) is 6.54 Å². The Labute approximate surface area is 141 Å². The first-order valence-corrected chi connectivity index (χ1v) is 10.7. The Bertz CT molecular complexity index is 671. The lowest BCUT2D eigenvalue weighted by Crippen LogP contribution is -2.47. The van der Waals surface area contributed by atoms with Crippen LogP contribution in [0.1, 0.15) is 5.76 Å². The number of hydrogen-bond acceptors (Lipinski definition) is 3. The summed E-state index contributed by atoms with van der Waals surface area (Å²) in [4.78, 5) is 0. The molecule has 0 unspecified atom stereocenters. The molecule has 0 saturated carbocycles. The highest BCUT2D eigenvalue weighted by atomic mass is 32.9. The van der Waals surface area contributed by atoms with Crippen molar-refractivity contribution < 1.29 is 10.2 Å². The number of benzene rings is 2. The van der Waals surface area contributed by atoms with E-state index in [1.807, 2.05) is 72.8 Å². The van der Waals surface area contributed by atoms with Crippen molar-refractivity contribution in [3.8, 4) is 0 Å². The van der Waals surface area contributed by atoms with Gasteiger partial charge in [-0.15, -0.1) is 17.0 Å². The first-order valence-electron chi connectivity index (χ1n) is 6.88. The van der Waals surface area contributed by atoms with Crippen LogP contribution in [-0.2, 0) is 30.6 Å². The van der Waals surface area contributed by atoms with E-state index in [-0.39, 0.29) is 0 Å². The first kappa shape index (κ1) is 17.0. The third-order valence-electron chi connectivity index (χ3n) is 3.02. The van der Waals surface area contributed by atoms with Gasteiger partial charge in [0.05, 0.1) is 6.26 Å². The molecule has 5 heteroatoms. The van der Waals surface area contributed by atoms with Crippen LogP contribution in [-0.4, -0.2) is 0 Å². The molecule has 2 nitrogen and oxygen atoms in total. The molecule has 0 atom stereocenters. The fourth-order valence-corrected chi connectivity index (χ4v) is 4.74. The third kappa shape index (κ3) is 4.59. The van der Waals surface area contributed by atoms with Crippen molar-refractivity contribution in [3.63, 3.8) is 0 Å². The van der Waals surface area contributed by atoms with Crippen LogP contribution in [0.3, 0.4) is 0 Å². The molecular weight excluding hydrogens is 329 g/mol. The predicted octanol–water partition coefficient (Wildman–Crippen LogP) is 2.60. The van der Waals surface area contributed by atoms with Gasteiger partial charge < -0.3 is 22.4 Å². The number of rotatable bonds is 3. The molecule has 0 spiro atoms. The van der Waals surface area contributed by atoms with Crippen LogP contribution in [0, 0.1) is 0 Å². The highest BCUT2D eigenvalue weighted by Gasteiger charge is 2.06. The number of quaternary nitrogens is 1. The summed E-state index contributed by atoms with van der Waals surface area (Å²) >= 11 is 11.2. The molecule has 0 aliphatic carbocycles. The van der Waals surface area contributed by atoms with Gasteiger partial charge in [-0.05, 0) is 22.7 Å². The molecule has 22 heavy (non-hydrogen) atoms. The minimum atomic E-state index is -1.98. The second-order valence-corrected chi connectivity index (χ2v) is 10.7. The van der Waals surface area contributed by atoms with Gasteiger partial charge in [-0.1, -0.05) is 60.7 Å². The first-order chi connectivity index (χ1) is 10.6. The maximum absolute atomic E-state index is 5.60. The Morgan fingerprint density at radius 1 is 0.864 bits per heavy atom. The lowest BCUT2D eigenvalue weighted by Gasteiger charge is -2.29. The molecule has 1 aromatic heterocycles. The van der Waals surface area contributed by atoms with Crippen LogP contribution in [0.4, 0.5) is 0 Å². The molecule has 3 rings (SSSR count). The predicted molar refractivity (Wildman–Crippen MR) is 99.1 cm³/mol. The molecule has 0 amide bonds. The van der Waals surface area contributed by atoms with E-state index >= 15 is 0 Å². The second-order valence-electron chi connectivity index (χ2n) is 4.55. The Morgan fingerprint density at radius 3 is 1.68 bits per heavy atom. The summed E-state index contributed by atoms with van der Waals surface area (Å²) in [6.45, 7) is 0.743. The van der Waals surface area contributed by atoms with E-state index < -0.39 is 5.24 Å². The monoisotopic (exact) mass is 347 g/mol. The smallest absolute Gasteiger partial charge is 0.157 e. The van der Waals surface area contributed by atoms with Gasteiger partial charge in [-0.2, -0.15) is 0 Å². The number of furan rings is 1. The Balaban J connectivity index is 0.000000211. The zero-order valence-electron chi connectivity index (χ0n) is 12.1. The van der Waals surface area contributed by atoms with Crippen LogP contribution in [0.25, 0.3) is 0 Å². The molecule has 114 valence electrons. The van der Waals surface area contributed by atoms with Crippen LogP contribution in [0.2, 0.25) is 0 Å².